The first-order valence-electron chi connectivity index (χ1n) is 28.7. The van der Waals surface area contributed by atoms with E-state index in [9.17, 15) is 0 Å². The number of ether oxygens (including phenoxy) is 2. The smallest absolute Gasteiger partial charge is 0.340 e. The van der Waals surface area contributed by atoms with Crippen LogP contribution < -0.4 is 9.47 Å². The topological polar surface area (TPSA) is 24.5 Å². The van der Waals surface area contributed by atoms with Crippen molar-refractivity contribution in [1.29, 1.82) is 0 Å². The highest BCUT2D eigenvalue weighted by Crippen LogP contribution is 2.49. The maximum absolute atomic E-state index is 7.57. The van der Waals surface area contributed by atoms with E-state index in [1.807, 2.05) is 0 Å². The summed E-state index contributed by atoms with van der Waals surface area (Å²) in [5, 5.41) is 0. The lowest BCUT2D eigenvalue weighted by atomic mass is 9.79. The fourth-order valence-corrected chi connectivity index (χ4v) is 12.7. The van der Waals surface area contributed by atoms with E-state index in [4.69, 9.17) is 9.47 Å². The summed E-state index contributed by atoms with van der Waals surface area (Å²) >= 11 is 0. The lowest BCUT2D eigenvalue weighted by Gasteiger charge is -2.40. The zero-order chi connectivity index (χ0) is 48.5. The molecule has 67 heavy (non-hydrogen) atoms. The molecule has 4 aliphatic rings. The summed E-state index contributed by atoms with van der Waals surface area (Å²) in [6.07, 6.45) is 30.8. The average Bonchev–Trinajstić information content (AvgIpc) is 3.57. The third kappa shape index (κ3) is 12.4. The molecule has 3 unspecified atom stereocenters. The molecule has 0 N–H and O–H groups in total. The van der Waals surface area contributed by atoms with E-state index in [1.54, 1.807) is 0 Å². The second-order valence-corrected chi connectivity index (χ2v) is 24.5. The maximum atomic E-state index is 7.57. The van der Waals surface area contributed by atoms with Crippen molar-refractivity contribution in [3.05, 3.63) is 57.6 Å². The van der Waals surface area contributed by atoms with Gasteiger partial charge in [-0.2, -0.15) is 0 Å². The van der Waals surface area contributed by atoms with Crippen LogP contribution >= 0.6 is 0 Å². The van der Waals surface area contributed by atoms with Gasteiger partial charge in [-0.3, -0.25) is 0 Å². The summed E-state index contributed by atoms with van der Waals surface area (Å²) in [5.74, 6) is 2.54. The predicted molar refractivity (Wildman–Crippen MR) is 286 cm³/mol. The first-order valence-corrected chi connectivity index (χ1v) is 28.7. The maximum Gasteiger partial charge on any atom is 0.704 e. The van der Waals surface area contributed by atoms with Crippen molar-refractivity contribution in [3.8, 4) is 11.5 Å². The van der Waals surface area contributed by atoms with E-state index >= 15 is 0 Å². The van der Waals surface area contributed by atoms with Gasteiger partial charge in [0, 0.05) is 18.4 Å². The third-order valence-electron chi connectivity index (χ3n) is 17.0. The van der Waals surface area contributed by atoms with Crippen LogP contribution in [0.3, 0.4) is 0 Å². The molecule has 0 bridgehead atoms. The Morgan fingerprint density at radius 1 is 0.537 bits per heavy atom. The lowest BCUT2D eigenvalue weighted by Crippen LogP contribution is -2.60. The van der Waals surface area contributed by atoms with Gasteiger partial charge in [-0.1, -0.05) is 143 Å². The van der Waals surface area contributed by atoms with Crippen molar-refractivity contribution in [2.24, 2.45) is 0 Å². The van der Waals surface area contributed by atoms with Crippen LogP contribution in [0, 0.1) is 6.92 Å². The Balaban J connectivity index is 1.39. The van der Waals surface area contributed by atoms with E-state index < -0.39 is 6.03 Å². The number of hydrogen-bond acceptors (Lipinski definition) is 2. The Hall–Kier alpha value is -2.70. The number of aryl methyl sites for hydroxylation is 1. The first-order chi connectivity index (χ1) is 32.0. The fourth-order valence-electron chi connectivity index (χ4n) is 12.7. The van der Waals surface area contributed by atoms with Gasteiger partial charge in [0.05, 0.1) is 63.5 Å². The summed E-state index contributed by atoms with van der Waals surface area (Å²) in [5.41, 5.74) is 7.81. The number of fused-ring (bicyclic) bond motifs is 5. The largest absolute Gasteiger partial charge is 0.704 e. The number of nitrogens with zero attached hydrogens (tertiary/aromatic N) is 4. The fraction of sp³-hybridized carbons (Fsp3) is 0.770. The van der Waals surface area contributed by atoms with E-state index in [0.717, 1.165) is 24.3 Å². The number of benzene rings is 2. The van der Waals surface area contributed by atoms with Gasteiger partial charge in [-0.25, -0.2) is 0 Å². The van der Waals surface area contributed by atoms with Crippen molar-refractivity contribution in [3.63, 3.8) is 0 Å². The Labute approximate surface area is 413 Å². The van der Waals surface area contributed by atoms with Gasteiger partial charge in [-0.15, -0.1) is 0 Å². The minimum Gasteiger partial charge on any atom is -0.340 e. The molecule has 2 aromatic rings. The normalized spacial score (nSPS) is 20.3. The van der Waals surface area contributed by atoms with Crippen molar-refractivity contribution < 1.29 is 27.6 Å². The molecule has 6 nitrogen and oxygen atoms in total. The molecule has 376 valence electrons. The second-order valence-electron chi connectivity index (χ2n) is 24.5. The van der Waals surface area contributed by atoms with Gasteiger partial charge in [0.1, 0.15) is 0 Å². The summed E-state index contributed by atoms with van der Waals surface area (Å²) < 4.78 is 22.8. The average molecular weight is 926 g/mol. The van der Waals surface area contributed by atoms with E-state index in [-0.39, 0.29) is 10.8 Å². The minimum absolute atomic E-state index is 0.0337. The van der Waals surface area contributed by atoms with E-state index in [1.165, 1.54) is 210 Å². The van der Waals surface area contributed by atoms with E-state index in [0.29, 0.717) is 18.0 Å². The highest BCUT2D eigenvalue weighted by Gasteiger charge is 2.76. The molecule has 0 amide bonds. The molecule has 0 radical (unpaired) electrons. The van der Waals surface area contributed by atoms with Gasteiger partial charge in [0.15, 0.2) is 23.9 Å². The zero-order valence-electron chi connectivity index (χ0n) is 46.1. The van der Waals surface area contributed by atoms with Crippen LogP contribution in [0.15, 0.2) is 24.3 Å². The molecule has 2 aromatic carbocycles. The molecule has 1 spiro atoms. The Morgan fingerprint density at radius 2 is 0.940 bits per heavy atom. The lowest BCUT2D eigenvalue weighted by molar-refractivity contribution is -0.929. The number of unbranched alkanes of at least 4 members (excludes halogenated alkanes) is 6. The molecule has 6 heteroatoms. The summed E-state index contributed by atoms with van der Waals surface area (Å²) in [4.78, 5) is 0. The van der Waals surface area contributed by atoms with E-state index in [2.05, 4.69) is 136 Å². The van der Waals surface area contributed by atoms with Crippen LogP contribution in [-0.4, -0.2) is 101 Å². The molecule has 6 rings (SSSR count). The third-order valence-corrected chi connectivity index (χ3v) is 17.0. The predicted octanol–water partition coefficient (Wildman–Crippen LogP) is 15.0. The molecule has 1 aliphatic carbocycles. The molecule has 0 aromatic heterocycles. The quantitative estimate of drug-likeness (QED) is 0.0659. The number of hydrogen-bond donors (Lipinski definition) is 0. The first kappa shape index (κ1) is 53.6. The van der Waals surface area contributed by atoms with Crippen molar-refractivity contribution in [2.45, 2.75) is 253 Å². The van der Waals surface area contributed by atoms with Crippen molar-refractivity contribution >= 4 is 12.4 Å². The summed E-state index contributed by atoms with van der Waals surface area (Å²) in [7, 11) is 0. The Bertz CT molecular complexity index is 1880. The number of quaternary nitrogens is 2. The van der Waals surface area contributed by atoms with Crippen LogP contribution in [0.25, 0.3) is 0 Å². The highest BCUT2D eigenvalue weighted by atomic mass is 16.7. The summed E-state index contributed by atoms with van der Waals surface area (Å²) in [6, 6.07) is 9.61. The molecule has 3 atom stereocenters. The zero-order valence-corrected chi connectivity index (χ0v) is 46.1. The van der Waals surface area contributed by atoms with Gasteiger partial charge in [0.2, 0.25) is 12.1 Å². The van der Waals surface area contributed by atoms with Crippen LogP contribution in [0.5, 0.6) is 11.5 Å². The van der Waals surface area contributed by atoms with Crippen LogP contribution in [0.4, 0.5) is 0 Å². The Kier molecular flexibility index (Phi) is 18.8. The van der Waals surface area contributed by atoms with Crippen molar-refractivity contribution in [1.82, 2.24) is 0 Å². The second kappa shape index (κ2) is 23.5. The Morgan fingerprint density at radius 3 is 1.34 bits per heavy atom. The molecule has 1 saturated carbocycles. The van der Waals surface area contributed by atoms with Crippen molar-refractivity contribution in [2.75, 3.05) is 52.4 Å². The SMILES string of the molecule is CCCC[N+](CCCC)(CCCC)CCCC(CCC[N+](CCCC)(CCCC)CCCC)c1cc(C)c2c(c1)C=[N+]1C3CCCCC3[N+]3=Cc4cc(C(C)(C)C)cc(C(C)(C)C)c4OC13O2. The van der Waals surface area contributed by atoms with Gasteiger partial charge in [-0.05, 0) is 130 Å². The molecule has 3 heterocycles. The molecule has 2 fully saturated rings. The molecular weight excluding hydrogens is 821 g/mol. The number of rotatable bonds is 27. The monoisotopic (exact) mass is 925 g/mol. The van der Waals surface area contributed by atoms with Crippen LogP contribution in [0.2, 0.25) is 0 Å². The molecular formula is C61H104N4O2+4. The van der Waals surface area contributed by atoms with Gasteiger partial charge < -0.3 is 18.4 Å². The van der Waals surface area contributed by atoms with Crippen LogP contribution in [0.1, 0.15) is 251 Å². The molecule has 3 aliphatic heterocycles. The van der Waals surface area contributed by atoms with Gasteiger partial charge in [0.25, 0.3) is 0 Å². The molecule has 1 saturated heterocycles. The van der Waals surface area contributed by atoms with Gasteiger partial charge >= 0.3 is 6.03 Å². The van der Waals surface area contributed by atoms with Crippen LogP contribution in [-0.2, 0) is 10.8 Å². The standard InChI is InChI=1S/C61H104N4O2/c1-14-20-34-64(35-21-15-2,36-22-16-3)40-28-30-49(31-29-41-65(37-23-17-4,38-24-18-5)39-25-19-6)50-42-48(7)57-51(43-50)46-62-55-32-26-27-33-56(55)63-47-52-44-53(59(8,9)10)45-54(60(11,12)13)58(52)67-61(62,63)66-57/h42-47,49,55-56H,14-41H2,1-13H3/q+4. The highest BCUT2D eigenvalue weighted by molar-refractivity contribution is 5.85. The minimum atomic E-state index is -1.03. The summed E-state index contributed by atoms with van der Waals surface area (Å²) in [6.45, 7) is 41.5.